The van der Waals surface area contributed by atoms with Crippen molar-refractivity contribution in [3.8, 4) is 22.9 Å². The number of pyridine rings is 2. The summed E-state index contributed by atoms with van der Waals surface area (Å²) >= 11 is 0. The normalized spacial score (nSPS) is 10.1. The number of aromatic carboxylic acids is 1. The number of oxazole rings is 2. The molecule has 0 bridgehead atoms. The number of rotatable bonds is 4. The van der Waals surface area contributed by atoms with Crippen molar-refractivity contribution >= 4 is 11.9 Å². The lowest BCUT2D eigenvalue weighted by atomic mass is 10.3. The van der Waals surface area contributed by atoms with E-state index in [0.717, 1.165) is 5.56 Å². The Labute approximate surface area is 170 Å². The maximum Gasteiger partial charge on any atom is 0.373 e. The number of carbonyl (C=O) groups is 2. The Morgan fingerprint density at radius 3 is 1.73 bits per heavy atom. The molecule has 0 aliphatic heterocycles. The van der Waals surface area contributed by atoms with E-state index >= 15 is 0 Å². The summed E-state index contributed by atoms with van der Waals surface area (Å²) in [5, 5.41) is 8.60. The van der Waals surface area contributed by atoms with Crippen LogP contribution in [-0.4, -0.2) is 55.9 Å². The molecular formula is C20H17N5O5. The van der Waals surface area contributed by atoms with Crippen LogP contribution in [0.25, 0.3) is 22.9 Å². The number of aromatic nitrogens is 4. The lowest BCUT2D eigenvalue weighted by molar-refractivity contribution is 0.0663. The van der Waals surface area contributed by atoms with E-state index in [1.54, 1.807) is 57.1 Å². The van der Waals surface area contributed by atoms with Gasteiger partial charge in [-0.15, -0.1) is 0 Å². The number of carbonyl (C=O) groups excluding carboxylic acids is 1. The van der Waals surface area contributed by atoms with Crippen molar-refractivity contribution < 1.29 is 23.5 Å². The Kier molecular flexibility index (Phi) is 6.28. The Balaban J connectivity index is 0.000000172. The van der Waals surface area contributed by atoms with E-state index in [1.807, 2.05) is 6.07 Å². The second kappa shape index (κ2) is 9.24. The zero-order chi connectivity index (χ0) is 21.5. The van der Waals surface area contributed by atoms with Crippen LogP contribution in [0.3, 0.4) is 0 Å². The third kappa shape index (κ3) is 4.93. The molecule has 0 fully saturated rings. The van der Waals surface area contributed by atoms with E-state index in [1.165, 1.54) is 17.3 Å². The largest absolute Gasteiger partial charge is 0.475 e. The summed E-state index contributed by atoms with van der Waals surface area (Å²) in [5.74, 6) is -0.628. The average Bonchev–Trinajstić information content (AvgIpc) is 3.45. The summed E-state index contributed by atoms with van der Waals surface area (Å²) in [4.78, 5) is 39.2. The van der Waals surface area contributed by atoms with Gasteiger partial charge in [0.2, 0.25) is 23.3 Å². The van der Waals surface area contributed by atoms with E-state index in [0.29, 0.717) is 11.5 Å². The molecule has 10 heteroatoms. The summed E-state index contributed by atoms with van der Waals surface area (Å²) in [6, 6.07) is 7.07. The first-order valence-electron chi connectivity index (χ1n) is 8.63. The standard InChI is InChI=1S/C11H11N3O2.C9H6N2O3/c1-14(2)11(15)9-7-13-10(16-9)8-4-3-5-12-6-8;12-9(13)7-5-11-8(14-7)6-2-1-3-10-4-6/h3-7H,1-2H3;1-5H,(H,12,13). The second-order valence-corrected chi connectivity index (χ2v) is 6.05. The molecule has 0 atom stereocenters. The number of hydrogen-bond donors (Lipinski definition) is 1. The predicted molar refractivity (Wildman–Crippen MR) is 104 cm³/mol. The summed E-state index contributed by atoms with van der Waals surface area (Å²) in [7, 11) is 3.32. The van der Waals surface area contributed by atoms with Gasteiger partial charge in [0.25, 0.3) is 5.91 Å². The number of hydrogen-bond acceptors (Lipinski definition) is 8. The van der Waals surface area contributed by atoms with Crippen LogP contribution in [0, 0.1) is 0 Å². The maximum absolute atomic E-state index is 11.6. The molecule has 152 valence electrons. The fourth-order valence-electron chi connectivity index (χ4n) is 2.21. The first-order valence-corrected chi connectivity index (χ1v) is 8.63. The van der Waals surface area contributed by atoms with Crippen molar-refractivity contribution in [2.45, 2.75) is 0 Å². The molecular weight excluding hydrogens is 390 g/mol. The van der Waals surface area contributed by atoms with Crippen molar-refractivity contribution in [2.75, 3.05) is 14.1 Å². The van der Waals surface area contributed by atoms with Gasteiger partial charge in [-0.25, -0.2) is 14.8 Å². The van der Waals surface area contributed by atoms with Gasteiger partial charge in [0.1, 0.15) is 0 Å². The lowest BCUT2D eigenvalue weighted by Crippen LogP contribution is -2.20. The number of carboxylic acids is 1. The van der Waals surface area contributed by atoms with Crippen LogP contribution in [0.2, 0.25) is 0 Å². The molecule has 1 N–H and O–H groups in total. The topological polar surface area (TPSA) is 135 Å². The SMILES string of the molecule is CN(C)C(=O)c1cnc(-c2cccnc2)o1.O=C(O)c1cnc(-c2cccnc2)o1. The Morgan fingerprint density at radius 1 is 0.833 bits per heavy atom. The molecule has 0 unspecified atom stereocenters. The molecule has 0 spiro atoms. The van der Waals surface area contributed by atoms with Crippen molar-refractivity contribution in [2.24, 2.45) is 0 Å². The molecule has 10 nitrogen and oxygen atoms in total. The van der Waals surface area contributed by atoms with Gasteiger partial charge in [0, 0.05) is 38.9 Å². The molecule has 0 saturated carbocycles. The van der Waals surface area contributed by atoms with Crippen molar-refractivity contribution in [1.82, 2.24) is 24.8 Å². The van der Waals surface area contributed by atoms with Crippen LogP contribution in [0.5, 0.6) is 0 Å². The van der Waals surface area contributed by atoms with E-state index < -0.39 is 5.97 Å². The Hall–Kier alpha value is -4.34. The maximum atomic E-state index is 11.6. The van der Waals surface area contributed by atoms with Gasteiger partial charge in [-0.05, 0) is 24.3 Å². The van der Waals surface area contributed by atoms with Crippen LogP contribution < -0.4 is 0 Å². The zero-order valence-electron chi connectivity index (χ0n) is 16.1. The number of carboxylic acid groups (broad SMARTS) is 1. The van der Waals surface area contributed by atoms with E-state index in [9.17, 15) is 9.59 Å². The van der Waals surface area contributed by atoms with Crippen LogP contribution in [0.15, 0.2) is 70.3 Å². The first kappa shape index (κ1) is 20.4. The van der Waals surface area contributed by atoms with Crippen LogP contribution in [0.1, 0.15) is 21.1 Å². The monoisotopic (exact) mass is 407 g/mol. The fourth-order valence-corrected chi connectivity index (χ4v) is 2.21. The zero-order valence-corrected chi connectivity index (χ0v) is 16.1. The highest BCUT2D eigenvalue weighted by Crippen LogP contribution is 2.18. The summed E-state index contributed by atoms with van der Waals surface area (Å²) in [6.07, 6.45) is 9.06. The molecule has 0 radical (unpaired) electrons. The van der Waals surface area contributed by atoms with Gasteiger partial charge < -0.3 is 18.8 Å². The minimum atomic E-state index is -1.13. The van der Waals surface area contributed by atoms with Crippen molar-refractivity contribution in [3.63, 3.8) is 0 Å². The third-order valence-corrected chi connectivity index (χ3v) is 3.66. The molecule has 4 aromatic heterocycles. The van der Waals surface area contributed by atoms with Gasteiger partial charge in [-0.1, -0.05) is 0 Å². The number of nitrogens with zero attached hydrogens (tertiary/aromatic N) is 5. The lowest BCUT2D eigenvalue weighted by Gasteiger charge is -2.05. The summed E-state index contributed by atoms with van der Waals surface area (Å²) < 4.78 is 10.3. The molecule has 0 aliphatic rings. The fraction of sp³-hybridized carbons (Fsp3) is 0.100. The summed E-state index contributed by atoms with van der Waals surface area (Å²) in [5.41, 5.74) is 1.40. The minimum Gasteiger partial charge on any atom is -0.475 e. The average molecular weight is 407 g/mol. The highest BCUT2D eigenvalue weighted by atomic mass is 16.4. The van der Waals surface area contributed by atoms with E-state index in [2.05, 4.69) is 19.9 Å². The Morgan fingerprint density at radius 2 is 1.33 bits per heavy atom. The molecule has 4 rings (SSSR count). The molecule has 0 aliphatic carbocycles. The van der Waals surface area contributed by atoms with E-state index in [4.69, 9.17) is 13.9 Å². The molecule has 30 heavy (non-hydrogen) atoms. The third-order valence-electron chi connectivity index (χ3n) is 3.66. The van der Waals surface area contributed by atoms with Crippen molar-refractivity contribution in [1.29, 1.82) is 0 Å². The molecule has 0 aromatic carbocycles. The summed E-state index contributed by atoms with van der Waals surface area (Å²) in [6.45, 7) is 0. The highest BCUT2D eigenvalue weighted by molar-refractivity contribution is 5.91. The highest BCUT2D eigenvalue weighted by Gasteiger charge is 2.15. The van der Waals surface area contributed by atoms with Gasteiger partial charge in [-0.3, -0.25) is 14.8 Å². The van der Waals surface area contributed by atoms with Gasteiger partial charge in [0.05, 0.1) is 23.5 Å². The molecule has 1 amide bonds. The minimum absolute atomic E-state index is 0.177. The molecule has 0 saturated heterocycles. The van der Waals surface area contributed by atoms with Crippen LogP contribution in [0.4, 0.5) is 0 Å². The predicted octanol–water partition coefficient (Wildman–Crippen LogP) is 2.87. The number of amides is 1. The van der Waals surface area contributed by atoms with E-state index in [-0.39, 0.29) is 23.3 Å². The van der Waals surface area contributed by atoms with Crippen LogP contribution in [-0.2, 0) is 0 Å². The van der Waals surface area contributed by atoms with Gasteiger partial charge in [0.15, 0.2) is 0 Å². The molecule has 4 heterocycles. The van der Waals surface area contributed by atoms with Gasteiger partial charge >= 0.3 is 5.97 Å². The van der Waals surface area contributed by atoms with Crippen LogP contribution >= 0.6 is 0 Å². The smallest absolute Gasteiger partial charge is 0.373 e. The van der Waals surface area contributed by atoms with Crippen molar-refractivity contribution in [3.05, 3.63) is 73.0 Å². The Bertz CT molecular complexity index is 1120. The quantitative estimate of drug-likeness (QED) is 0.541. The van der Waals surface area contributed by atoms with Gasteiger partial charge in [-0.2, -0.15) is 0 Å². The first-order chi connectivity index (χ1) is 14.5. The second-order valence-electron chi connectivity index (χ2n) is 6.05. The molecule has 4 aromatic rings.